The van der Waals surface area contributed by atoms with Gasteiger partial charge < -0.3 is 10.1 Å². The predicted molar refractivity (Wildman–Crippen MR) is 82.8 cm³/mol. The number of nitro benzene ring substituents is 1. The van der Waals surface area contributed by atoms with Crippen molar-refractivity contribution in [1.29, 1.82) is 0 Å². The van der Waals surface area contributed by atoms with E-state index in [0.717, 1.165) is 12.0 Å². The van der Waals surface area contributed by atoms with Gasteiger partial charge in [0.15, 0.2) is 5.75 Å². The molecule has 0 aliphatic heterocycles. The lowest BCUT2D eigenvalue weighted by Crippen LogP contribution is -2.04. The van der Waals surface area contributed by atoms with Crippen LogP contribution in [0.5, 0.6) is 5.75 Å². The summed E-state index contributed by atoms with van der Waals surface area (Å²) in [6.07, 6.45) is 0.995. The van der Waals surface area contributed by atoms with Crippen molar-refractivity contribution in [3.05, 3.63) is 63.7 Å². The molecule has 0 saturated carbocycles. The van der Waals surface area contributed by atoms with Crippen molar-refractivity contribution in [2.45, 2.75) is 19.9 Å². The van der Waals surface area contributed by atoms with Crippen LogP contribution < -0.4 is 10.1 Å². The molecule has 5 heteroatoms. The lowest BCUT2D eigenvalue weighted by molar-refractivity contribution is -0.384. The van der Waals surface area contributed by atoms with E-state index in [1.54, 1.807) is 18.2 Å². The molecular formula is C16H18N2O3. The fourth-order valence-corrected chi connectivity index (χ4v) is 2.11. The first-order valence-corrected chi connectivity index (χ1v) is 6.78. The Kier molecular flexibility index (Phi) is 4.77. The normalized spacial score (nSPS) is 10.2. The van der Waals surface area contributed by atoms with Crippen LogP contribution in [-0.2, 0) is 13.0 Å². The van der Waals surface area contributed by atoms with Gasteiger partial charge >= 0.3 is 5.69 Å². The molecule has 0 amide bonds. The van der Waals surface area contributed by atoms with E-state index in [-0.39, 0.29) is 11.4 Å². The van der Waals surface area contributed by atoms with Gasteiger partial charge in [-0.15, -0.1) is 0 Å². The Bertz CT molecular complexity index is 624. The predicted octanol–water partition coefficient (Wildman–Crippen LogP) is 3.78. The Morgan fingerprint density at radius 2 is 1.81 bits per heavy atom. The molecule has 0 atom stereocenters. The second kappa shape index (κ2) is 6.74. The van der Waals surface area contributed by atoms with Crippen LogP contribution in [0.1, 0.15) is 18.1 Å². The van der Waals surface area contributed by atoms with Crippen molar-refractivity contribution in [3.8, 4) is 5.75 Å². The van der Waals surface area contributed by atoms with E-state index >= 15 is 0 Å². The molecule has 0 spiro atoms. The van der Waals surface area contributed by atoms with Crippen LogP contribution in [0.25, 0.3) is 0 Å². The van der Waals surface area contributed by atoms with Crippen molar-refractivity contribution in [2.24, 2.45) is 0 Å². The third-order valence-electron chi connectivity index (χ3n) is 3.32. The third kappa shape index (κ3) is 3.51. The van der Waals surface area contributed by atoms with Gasteiger partial charge in [0.1, 0.15) is 5.69 Å². The van der Waals surface area contributed by atoms with Crippen LogP contribution in [-0.4, -0.2) is 12.0 Å². The molecule has 0 aliphatic carbocycles. The average Bonchev–Trinajstić information content (AvgIpc) is 2.52. The molecule has 0 heterocycles. The number of anilines is 1. The van der Waals surface area contributed by atoms with Gasteiger partial charge in [-0.05, 0) is 29.7 Å². The van der Waals surface area contributed by atoms with Gasteiger partial charge in [-0.1, -0.05) is 37.3 Å². The Labute approximate surface area is 123 Å². The van der Waals surface area contributed by atoms with Gasteiger partial charge in [-0.2, -0.15) is 0 Å². The lowest BCUT2D eigenvalue weighted by atomic mass is 10.1. The van der Waals surface area contributed by atoms with Crippen molar-refractivity contribution in [3.63, 3.8) is 0 Å². The first kappa shape index (κ1) is 14.8. The second-order valence-electron chi connectivity index (χ2n) is 4.64. The van der Waals surface area contributed by atoms with Gasteiger partial charge in [0.2, 0.25) is 0 Å². The van der Waals surface area contributed by atoms with Crippen LogP contribution in [0, 0.1) is 10.1 Å². The summed E-state index contributed by atoms with van der Waals surface area (Å²) in [5.74, 6) is 0.256. The standard InChI is InChI=1S/C16H18N2O3/c1-3-12-7-9-13(10-8-12)11-17-14-5-4-6-15(21-2)16(14)18(19)20/h4-10,17H,3,11H2,1-2H3. The molecule has 21 heavy (non-hydrogen) atoms. The molecule has 1 N–H and O–H groups in total. The quantitative estimate of drug-likeness (QED) is 0.648. The molecular weight excluding hydrogens is 268 g/mol. The number of hydrogen-bond donors (Lipinski definition) is 1. The highest BCUT2D eigenvalue weighted by atomic mass is 16.6. The number of rotatable bonds is 6. The smallest absolute Gasteiger partial charge is 0.333 e. The van der Waals surface area contributed by atoms with E-state index < -0.39 is 4.92 Å². The summed E-state index contributed by atoms with van der Waals surface area (Å²) in [4.78, 5) is 10.8. The van der Waals surface area contributed by atoms with Crippen LogP contribution >= 0.6 is 0 Å². The van der Waals surface area contributed by atoms with Gasteiger partial charge in [-0.25, -0.2) is 0 Å². The highest BCUT2D eigenvalue weighted by Crippen LogP contribution is 2.34. The summed E-state index contributed by atoms with van der Waals surface area (Å²) in [6, 6.07) is 13.2. The highest BCUT2D eigenvalue weighted by Gasteiger charge is 2.19. The minimum atomic E-state index is -0.429. The fourth-order valence-electron chi connectivity index (χ4n) is 2.11. The van der Waals surface area contributed by atoms with E-state index in [9.17, 15) is 10.1 Å². The molecule has 0 fully saturated rings. The minimum absolute atomic E-state index is 0.0369. The van der Waals surface area contributed by atoms with Gasteiger partial charge in [0, 0.05) is 6.54 Å². The van der Waals surface area contributed by atoms with Crippen molar-refractivity contribution >= 4 is 11.4 Å². The number of benzene rings is 2. The zero-order valence-electron chi connectivity index (χ0n) is 12.1. The van der Waals surface area contributed by atoms with Crippen LogP contribution in [0.3, 0.4) is 0 Å². The van der Waals surface area contributed by atoms with Gasteiger partial charge in [0.05, 0.1) is 12.0 Å². The number of ether oxygens (including phenoxy) is 1. The monoisotopic (exact) mass is 286 g/mol. The van der Waals surface area contributed by atoms with Crippen molar-refractivity contribution < 1.29 is 9.66 Å². The molecule has 0 unspecified atom stereocenters. The molecule has 0 aliphatic rings. The Morgan fingerprint density at radius 3 is 2.38 bits per heavy atom. The molecule has 5 nitrogen and oxygen atoms in total. The number of nitrogens with one attached hydrogen (secondary N) is 1. The molecule has 2 aromatic rings. The van der Waals surface area contributed by atoms with Crippen LogP contribution in [0.15, 0.2) is 42.5 Å². The van der Waals surface area contributed by atoms with Crippen LogP contribution in [0.2, 0.25) is 0 Å². The molecule has 0 radical (unpaired) electrons. The summed E-state index contributed by atoms with van der Waals surface area (Å²) in [6.45, 7) is 2.63. The molecule has 2 aromatic carbocycles. The number of nitro groups is 1. The zero-order valence-corrected chi connectivity index (χ0v) is 12.1. The number of aryl methyl sites for hydroxylation is 1. The van der Waals surface area contributed by atoms with E-state index in [1.165, 1.54) is 12.7 Å². The van der Waals surface area contributed by atoms with E-state index in [0.29, 0.717) is 12.2 Å². The Hall–Kier alpha value is -2.56. The maximum atomic E-state index is 11.2. The van der Waals surface area contributed by atoms with E-state index in [1.807, 2.05) is 12.1 Å². The van der Waals surface area contributed by atoms with Gasteiger partial charge in [0.25, 0.3) is 0 Å². The minimum Gasteiger partial charge on any atom is -0.490 e. The maximum Gasteiger partial charge on any atom is 0.333 e. The van der Waals surface area contributed by atoms with Crippen LogP contribution in [0.4, 0.5) is 11.4 Å². The molecule has 2 rings (SSSR count). The number of hydrogen-bond acceptors (Lipinski definition) is 4. The first-order chi connectivity index (χ1) is 10.2. The van der Waals surface area contributed by atoms with Crippen molar-refractivity contribution in [2.75, 3.05) is 12.4 Å². The summed E-state index contributed by atoms with van der Waals surface area (Å²) in [5.41, 5.74) is 2.76. The van der Waals surface area contributed by atoms with Crippen molar-refractivity contribution in [1.82, 2.24) is 0 Å². The molecule has 0 bridgehead atoms. The Balaban J connectivity index is 2.17. The maximum absolute atomic E-state index is 11.2. The summed E-state index contributed by atoms with van der Waals surface area (Å²) >= 11 is 0. The van der Waals surface area contributed by atoms with E-state index in [2.05, 4.69) is 24.4 Å². The SMILES string of the molecule is CCc1ccc(CNc2cccc(OC)c2[N+](=O)[O-])cc1. The number of methoxy groups -OCH3 is 1. The lowest BCUT2D eigenvalue weighted by Gasteiger charge is -2.10. The third-order valence-corrected chi connectivity index (χ3v) is 3.32. The number of nitrogens with zero attached hydrogens (tertiary/aromatic N) is 1. The summed E-state index contributed by atoms with van der Waals surface area (Å²) in [5, 5.41) is 14.3. The fraction of sp³-hybridized carbons (Fsp3) is 0.250. The molecule has 110 valence electrons. The molecule has 0 saturated heterocycles. The first-order valence-electron chi connectivity index (χ1n) is 6.78. The Morgan fingerprint density at radius 1 is 1.14 bits per heavy atom. The summed E-state index contributed by atoms with van der Waals surface area (Å²) in [7, 11) is 1.43. The summed E-state index contributed by atoms with van der Waals surface area (Å²) < 4.78 is 5.05. The largest absolute Gasteiger partial charge is 0.490 e. The number of para-hydroxylation sites is 1. The topological polar surface area (TPSA) is 64.4 Å². The van der Waals surface area contributed by atoms with E-state index in [4.69, 9.17) is 4.74 Å². The highest BCUT2D eigenvalue weighted by molar-refractivity contribution is 5.68. The van der Waals surface area contributed by atoms with Gasteiger partial charge in [-0.3, -0.25) is 10.1 Å². The molecule has 0 aromatic heterocycles. The average molecular weight is 286 g/mol. The second-order valence-corrected chi connectivity index (χ2v) is 4.64. The zero-order chi connectivity index (χ0) is 15.2.